The van der Waals surface area contributed by atoms with E-state index in [4.69, 9.17) is 9.97 Å². The summed E-state index contributed by atoms with van der Waals surface area (Å²) < 4.78 is 14.0. The minimum absolute atomic E-state index is 0.306. The van der Waals surface area contributed by atoms with Crippen LogP contribution in [0.15, 0.2) is 73.6 Å². The molecule has 0 saturated heterocycles. The van der Waals surface area contributed by atoms with Gasteiger partial charge in [0, 0.05) is 35.8 Å². The van der Waals surface area contributed by atoms with Crippen LogP contribution >= 0.6 is 0 Å². The molecule has 1 aliphatic rings. The predicted molar refractivity (Wildman–Crippen MR) is 157 cm³/mol. The van der Waals surface area contributed by atoms with Gasteiger partial charge in [0.1, 0.15) is 11.3 Å². The number of aromatic nitrogens is 6. The molecule has 5 aromatic rings. The number of benzene rings is 1. The van der Waals surface area contributed by atoms with Crippen molar-refractivity contribution in [3.05, 3.63) is 102 Å². The van der Waals surface area contributed by atoms with Crippen LogP contribution in [0.1, 0.15) is 48.2 Å². The minimum Gasteiger partial charge on any atom is -0.340 e. The zero-order chi connectivity index (χ0) is 27.5. The van der Waals surface area contributed by atoms with Crippen molar-refractivity contribution in [3.63, 3.8) is 0 Å². The Hall–Kier alpha value is -4.43. The lowest BCUT2D eigenvalue weighted by Gasteiger charge is -2.11. The third-order valence-electron chi connectivity index (χ3n) is 7.52. The number of aromatic amines is 2. The molecule has 40 heavy (non-hydrogen) atoms. The Kier molecular flexibility index (Phi) is 7.33. The van der Waals surface area contributed by atoms with Crippen LogP contribution in [0.25, 0.3) is 39.4 Å². The van der Waals surface area contributed by atoms with Gasteiger partial charge in [0.05, 0.1) is 16.9 Å². The van der Waals surface area contributed by atoms with Crippen molar-refractivity contribution in [1.82, 2.24) is 35.5 Å². The summed E-state index contributed by atoms with van der Waals surface area (Å²) in [6, 6.07) is 12.6. The second-order valence-electron chi connectivity index (χ2n) is 10.4. The molecular formula is C32H32FN7. The van der Waals surface area contributed by atoms with E-state index in [-0.39, 0.29) is 5.82 Å². The van der Waals surface area contributed by atoms with E-state index in [0.717, 1.165) is 58.2 Å². The summed E-state index contributed by atoms with van der Waals surface area (Å²) in [6.45, 7) is 7.62. The number of fused-ring (bicyclic) bond motifs is 1. The molecule has 4 heterocycles. The van der Waals surface area contributed by atoms with E-state index in [1.165, 1.54) is 37.8 Å². The molecule has 202 valence electrons. The highest BCUT2D eigenvalue weighted by atomic mass is 19.1. The summed E-state index contributed by atoms with van der Waals surface area (Å²) in [7, 11) is 0. The maximum Gasteiger partial charge on any atom is 0.161 e. The fourth-order valence-electron chi connectivity index (χ4n) is 5.50. The SMILES string of the molecule is C=C/C=C(/c1cccc(F)c1)c1nc(-c2n[nH]c3ccc(-c4cncc(CNCC5CCCC5)c4)nc23)[nH]c1C. The summed E-state index contributed by atoms with van der Waals surface area (Å²) in [6.07, 6.45) is 12.6. The minimum atomic E-state index is -0.306. The number of allylic oxidation sites excluding steroid dienone is 2. The molecular weight excluding hydrogens is 501 g/mol. The lowest BCUT2D eigenvalue weighted by Crippen LogP contribution is -2.20. The molecule has 7 nitrogen and oxygen atoms in total. The number of hydrogen-bond acceptors (Lipinski definition) is 5. The van der Waals surface area contributed by atoms with E-state index >= 15 is 0 Å². The molecule has 8 heteroatoms. The Morgan fingerprint density at radius 3 is 2.83 bits per heavy atom. The van der Waals surface area contributed by atoms with Crippen molar-refractivity contribution in [3.8, 4) is 22.8 Å². The highest BCUT2D eigenvalue weighted by Gasteiger charge is 2.19. The fourth-order valence-corrected chi connectivity index (χ4v) is 5.50. The number of hydrogen-bond donors (Lipinski definition) is 3. The summed E-state index contributed by atoms with van der Waals surface area (Å²) in [5.41, 5.74) is 8.07. The first-order valence-corrected chi connectivity index (χ1v) is 13.7. The Morgan fingerprint density at radius 2 is 2.00 bits per heavy atom. The van der Waals surface area contributed by atoms with Gasteiger partial charge in [-0.25, -0.2) is 14.4 Å². The molecule has 0 aliphatic heterocycles. The lowest BCUT2D eigenvalue weighted by atomic mass is 10.0. The topological polar surface area (TPSA) is 95.2 Å². The van der Waals surface area contributed by atoms with Crippen molar-refractivity contribution in [1.29, 1.82) is 0 Å². The van der Waals surface area contributed by atoms with Crippen LogP contribution in [0.2, 0.25) is 0 Å². The Balaban J connectivity index is 1.29. The van der Waals surface area contributed by atoms with Gasteiger partial charge >= 0.3 is 0 Å². The molecule has 1 saturated carbocycles. The number of aryl methyl sites for hydroxylation is 1. The van der Waals surface area contributed by atoms with Gasteiger partial charge in [-0.3, -0.25) is 10.1 Å². The predicted octanol–water partition coefficient (Wildman–Crippen LogP) is 6.76. The van der Waals surface area contributed by atoms with Gasteiger partial charge in [0.15, 0.2) is 11.5 Å². The number of imidazole rings is 1. The third kappa shape index (κ3) is 5.35. The molecule has 1 aliphatic carbocycles. The lowest BCUT2D eigenvalue weighted by molar-refractivity contribution is 0.489. The molecule has 0 amide bonds. The van der Waals surface area contributed by atoms with Crippen molar-refractivity contribution < 1.29 is 4.39 Å². The normalized spacial score (nSPS) is 14.3. The molecule has 4 aromatic heterocycles. The van der Waals surface area contributed by atoms with E-state index < -0.39 is 0 Å². The zero-order valence-electron chi connectivity index (χ0n) is 22.5. The maximum absolute atomic E-state index is 14.0. The monoisotopic (exact) mass is 533 g/mol. The fraction of sp³-hybridized carbons (Fsp3) is 0.250. The quantitative estimate of drug-likeness (QED) is 0.182. The summed E-state index contributed by atoms with van der Waals surface area (Å²) in [4.78, 5) is 17.7. The van der Waals surface area contributed by atoms with Gasteiger partial charge in [-0.15, -0.1) is 0 Å². The van der Waals surface area contributed by atoms with E-state index in [9.17, 15) is 4.39 Å². The van der Waals surface area contributed by atoms with E-state index in [1.54, 1.807) is 12.1 Å². The van der Waals surface area contributed by atoms with Gasteiger partial charge < -0.3 is 10.3 Å². The van der Waals surface area contributed by atoms with E-state index in [2.05, 4.69) is 38.1 Å². The highest BCUT2D eigenvalue weighted by Crippen LogP contribution is 2.31. The van der Waals surface area contributed by atoms with Crippen LogP contribution in [0, 0.1) is 18.7 Å². The molecule has 0 bridgehead atoms. The highest BCUT2D eigenvalue weighted by molar-refractivity contribution is 5.90. The number of halogens is 1. The average Bonchev–Trinajstić information content (AvgIpc) is 3.72. The molecule has 0 spiro atoms. The number of pyridine rings is 2. The van der Waals surface area contributed by atoms with Crippen molar-refractivity contribution >= 4 is 16.6 Å². The van der Waals surface area contributed by atoms with E-state index in [0.29, 0.717) is 22.7 Å². The molecule has 3 N–H and O–H groups in total. The number of nitrogens with one attached hydrogen (secondary N) is 3. The maximum atomic E-state index is 14.0. The molecule has 0 unspecified atom stereocenters. The van der Waals surface area contributed by atoms with Crippen molar-refractivity contribution in [2.45, 2.75) is 39.2 Å². The van der Waals surface area contributed by atoms with Gasteiger partial charge in [-0.1, -0.05) is 43.7 Å². The Bertz CT molecular complexity index is 1690. The first kappa shape index (κ1) is 25.8. The number of nitrogens with zero attached hydrogens (tertiary/aromatic N) is 4. The second kappa shape index (κ2) is 11.4. The molecule has 0 atom stereocenters. The van der Waals surface area contributed by atoms with Crippen LogP contribution in [0.5, 0.6) is 0 Å². The molecule has 6 rings (SSSR count). The smallest absolute Gasteiger partial charge is 0.161 e. The Morgan fingerprint density at radius 1 is 1.12 bits per heavy atom. The number of H-pyrrole nitrogens is 2. The van der Waals surface area contributed by atoms with Crippen molar-refractivity contribution in [2.24, 2.45) is 5.92 Å². The second-order valence-corrected chi connectivity index (χ2v) is 10.4. The van der Waals surface area contributed by atoms with Crippen LogP contribution in [-0.4, -0.2) is 36.7 Å². The first-order chi connectivity index (χ1) is 19.6. The summed E-state index contributed by atoms with van der Waals surface area (Å²) in [5, 5.41) is 11.2. The molecule has 0 radical (unpaired) electrons. The van der Waals surface area contributed by atoms with Crippen LogP contribution in [-0.2, 0) is 6.54 Å². The average molecular weight is 534 g/mol. The van der Waals surface area contributed by atoms with Gasteiger partial charge in [-0.05, 0) is 73.7 Å². The van der Waals surface area contributed by atoms with Crippen LogP contribution < -0.4 is 5.32 Å². The third-order valence-corrected chi connectivity index (χ3v) is 7.52. The van der Waals surface area contributed by atoms with Gasteiger partial charge in [0.2, 0.25) is 0 Å². The molecule has 1 aromatic carbocycles. The van der Waals surface area contributed by atoms with Crippen molar-refractivity contribution in [2.75, 3.05) is 6.54 Å². The Labute approximate surface area is 232 Å². The van der Waals surface area contributed by atoms with Gasteiger partial charge in [-0.2, -0.15) is 5.10 Å². The van der Waals surface area contributed by atoms with Crippen LogP contribution in [0.3, 0.4) is 0 Å². The zero-order valence-corrected chi connectivity index (χ0v) is 22.5. The van der Waals surface area contributed by atoms with E-state index in [1.807, 2.05) is 43.6 Å². The molecule has 1 fully saturated rings. The summed E-state index contributed by atoms with van der Waals surface area (Å²) >= 11 is 0. The summed E-state index contributed by atoms with van der Waals surface area (Å²) in [5.74, 6) is 1.07. The standard InChI is InChI=1S/C32H32FN7/c1-3-7-26(23-10-6-11-25(33)15-23)29-20(2)36-32(38-29)31-30-28(39-40-31)13-12-27(37-30)24-14-22(18-35-19-24)17-34-16-21-8-4-5-9-21/h3,6-7,10-15,18-19,21,34H,1,4-5,8-9,16-17H2,2H3,(H,36,38)(H,39,40)/b26-7-. The number of rotatable bonds is 9. The van der Waals surface area contributed by atoms with Gasteiger partial charge in [0.25, 0.3) is 0 Å². The van der Waals surface area contributed by atoms with Crippen LogP contribution in [0.4, 0.5) is 4.39 Å². The first-order valence-electron chi connectivity index (χ1n) is 13.7. The largest absolute Gasteiger partial charge is 0.340 e.